The van der Waals surface area contributed by atoms with Gasteiger partial charge in [-0.15, -0.1) is 0 Å². The molecule has 0 bridgehead atoms. The second kappa shape index (κ2) is 2.20. The van der Waals surface area contributed by atoms with E-state index in [4.69, 9.17) is 5.73 Å². The Bertz CT molecular complexity index is 169. The Hall–Kier alpha value is -0.0800. The summed E-state index contributed by atoms with van der Waals surface area (Å²) in [4.78, 5) is 2.44. The highest BCUT2D eigenvalue weighted by Crippen LogP contribution is 2.52. The summed E-state index contributed by atoms with van der Waals surface area (Å²) >= 11 is 0. The van der Waals surface area contributed by atoms with Crippen molar-refractivity contribution in [2.24, 2.45) is 11.1 Å². The van der Waals surface area contributed by atoms with Crippen molar-refractivity contribution in [1.29, 1.82) is 0 Å². The van der Waals surface area contributed by atoms with Crippen LogP contribution in [0.25, 0.3) is 0 Å². The predicted octanol–water partition coefficient (Wildman–Crippen LogP) is 0.818. The molecule has 2 aliphatic rings. The maximum absolute atomic E-state index is 6.02. The molecule has 0 aromatic heterocycles. The summed E-state index contributed by atoms with van der Waals surface area (Å²) in [6.07, 6.45) is 3.89. The molecule has 0 aromatic carbocycles. The highest BCUT2D eigenvalue weighted by Gasteiger charge is 2.58. The molecule has 0 aromatic rings. The van der Waals surface area contributed by atoms with E-state index >= 15 is 0 Å². The van der Waals surface area contributed by atoms with Crippen molar-refractivity contribution in [3.05, 3.63) is 0 Å². The van der Waals surface area contributed by atoms with Crippen molar-refractivity contribution in [3.63, 3.8) is 0 Å². The predicted molar refractivity (Wildman–Crippen MR) is 46.4 cm³/mol. The number of rotatable bonds is 1. The number of nitrogens with zero attached hydrogens (tertiary/aromatic N) is 1. The number of hydrogen-bond donors (Lipinski definition) is 1. The van der Waals surface area contributed by atoms with Gasteiger partial charge in [-0.25, -0.2) is 0 Å². The van der Waals surface area contributed by atoms with E-state index in [2.05, 4.69) is 18.9 Å². The van der Waals surface area contributed by atoms with Crippen LogP contribution in [-0.4, -0.2) is 30.6 Å². The van der Waals surface area contributed by atoms with E-state index in [-0.39, 0.29) is 0 Å². The smallest absolute Gasteiger partial charge is 0.0173 e. The van der Waals surface area contributed by atoms with Gasteiger partial charge in [-0.05, 0) is 26.3 Å². The van der Waals surface area contributed by atoms with E-state index < -0.39 is 0 Å². The number of hydrogen-bond acceptors (Lipinski definition) is 2. The standard InChI is InChI=1S/C9H18N2/c1-3-8-9(6-11(8)2)5-4-7(9)10/h7-8H,3-6,10H2,1-2H3/t7?,8-,9+/m1/s1. The second-order valence-corrected chi connectivity index (χ2v) is 4.22. The molecule has 1 saturated carbocycles. The summed E-state index contributed by atoms with van der Waals surface area (Å²) in [7, 11) is 2.21. The first kappa shape index (κ1) is 7.56. The monoisotopic (exact) mass is 154 g/mol. The van der Waals surface area contributed by atoms with Crippen LogP contribution >= 0.6 is 0 Å². The molecule has 1 heterocycles. The van der Waals surface area contributed by atoms with Crippen LogP contribution in [0.5, 0.6) is 0 Å². The van der Waals surface area contributed by atoms with E-state index in [9.17, 15) is 0 Å². The fourth-order valence-electron chi connectivity index (χ4n) is 3.02. The van der Waals surface area contributed by atoms with Gasteiger partial charge in [0.2, 0.25) is 0 Å². The van der Waals surface area contributed by atoms with Crippen molar-refractivity contribution >= 4 is 0 Å². The molecule has 1 saturated heterocycles. The van der Waals surface area contributed by atoms with Crippen LogP contribution in [0.3, 0.4) is 0 Å². The zero-order valence-electron chi connectivity index (χ0n) is 7.51. The summed E-state index contributed by atoms with van der Waals surface area (Å²) < 4.78 is 0. The molecule has 1 aliphatic heterocycles. The van der Waals surface area contributed by atoms with Gasteiger partial charge < -0.3 is 10.6 Å². The van der Waals surface area contributed by atoms with Crippen LogP contribution in [-0.2, 0) is 0 Å². The summed E-state index contributed by atoms with van der Waals surface area (Å²) in [6, 6.07) is 1.29. The van der Waals surface area contributed by atoms with Gasteiger partial charge >= 0.3 is 0 Å². The van der Waals surface area contributed by atoms with Crippen molar-refractivity contribution in [2.45, 2.75) is 38.3 Å². The van der Waals surface area contributed by atoms with Gasteiger partial charge in [0, 0.05) is 24.0 Å². The summed E-state index contributed by atoms with van der Waals surface area (Å²) in [5, 5.41) is 0. The van der Waals surface area contributed by atoms with Crippen LogP contribution < -0.4 is 5.73 Å². The normalized spacial score (nSPS) is 50.5. The molecule has 1 aliphatic carbocycles. The topological polar surface area (TPSA) is 29.3 Å². The Morgan fingerprint density at radius 1 is 1.64 bits per heavy atom. The molecule has 1 unspecified atom stereocenters. The SMILES string of the molecule is CC[C@H]1N(C)C[C@]12CCC2N. The molecule has 2 heteroatoms. The fraction of sp³-hybridized carbons (Fsp3) is 1.00. The molecule has 2 fully saturated rings. The lowest BCUT2D eigenvalue weighted by atomic mass is 9.54. The molecule has 0 radical (unpaired) electrons. The van der Waals surface area contributed by atoms with Crippen molar-refractivity contribution < 1.29 is 0 Å². The van der Waals surface area contributed by atoms with Gasteiger partial charge in [0.25, 0.3) is 0 Å². The lowest BCUT2D eigenvalue weighted by Crippen LogP contribution is -2.73. The van der Waals surface area contributed by atoms with Crippen molar-refractivity contribution in [1.82, 2.24) is 4.90 Å². The first-order chi connectivity index (χ1) is 5.20. The number of likely N-dealkylation sites (tertiary alicyclic amines) is 1. The molecule has 3 atom stereocenters. The molecule has 2 nitrogen and oxygen atoms in total. The zero-order chi connectivity index (χ0) is 8.06. The van der Waals surface area contributed by atoms with E-state index in [1.165, 1.54) is 25.8 Å². The fourth-order valence-corrected chi connectivity index (χ4v) is 3.02. The highest BCUT2D eigenvalue weighted by molar-refractivity contribution is 5.13. The van der Waals surface area contributed by atoms with Crippen molar-refractivity contribution in [2.75, 3.05) is 13.6 Å². The minimum absolute atomic E-state index is 0.503. The van der Waals surface area contributed by atoms with Crippen molar-refractivity contribution in [3.8, 4) is 0 Å². The minimum atomic E-state index is 0.503. The maximum Gasteiger partial charge on any atom is 0.0173 e. The third-order valence-corrected chi connectivity index (χ3v) is 3.79. The maximum atomic E-state index is 6.02. The Labute approximate surface area is 68.7 Å². The van der Waals surface area contributed by atoms with Gasteiger partial charge in [0.05, 0.1) is 0 Å². The van der Waals surface area contributed by atoms with Gasteiger partial charge in [-0.2, -0.15) is 0 Å². The lowest BCUT2D eigenvalue weighted by Gasteiger charge is -2.64. The highest BCUT2D eigenvalue weighted by atomic mass is 15.2. The van der Waals surface area contributed by atoms with E-state index in [0.29, 0.717) is 11.5 Å². The molecule has 64 valence electrons. The average Bonchev–Trinajstić information content (AvgIpc) is 1.97. The van der Waals surface area contributed by atoms with Crippen LogP contribution in [0.2, 0.25) is 0 Å². The molecule has 11 heavy (non-hydrogen) atoms. The lowest BCUT2D eigenvalue weighted by molar-refractivity contribution is -0.127. The summed E-state index contributed by atoms with van der Waals surface area (Å²) in [5.41, 5.74) is 6.57. The van der Waals surface area contributed by atoms with Crippen LogP contribution in [0, 0.1) is 5.41 Å². The Kier molecular flexibility index (Phi) is 1.52. The first-order valence-electron chi connectivity index (χ1n) is 4.66. The molecule has 1 spiro atoms. The third kappa shape index (κ3) is 0.744. The molecule has 2 rings (SSSR count). The summed E-state index contributed by atoms with van der Waals surface area (Å²) in [5.74, 6) is 0. The number of nitrogens with two attached hydrogens (primary N) is 1. The van der Waals surface area contributed by atoms with Crippen LogP contribution in [0.1, 0.15) is 26.2 Å². The van der Waals surface area contributed by atoms with E-state index in [0.717, 1.165) is 6.04 Å². The van der Waals surface area contributed by atoms with Crippen LogP contribution in [0.15, 0.2) is 0 Å². The van der Waals surface area contributed by atoms with Gasteiger partial charge in [0.15, 0.2) is 0 Å². The second-order valence-electron chi connectivity index (χ2n) is 4.22. The van der Waals surface area contributed by atoms with Gasteiger partial charge in [-0.1, -0.05) is 6.92 Å². The first-order valence-corrected chi connectivity index (χ1v) is 4.66. The molecular formula is C9H18N2. The Morgan fingerprint density at radius 3 is 2.55 bits per heavy atom. The largest absolute Gasteiger partial charge is 0.327 e. The van der Waals surface area contributed by atoms with Gasteiger partial charge in [-0.3, -0.25) is 0 Å². The van der Waals surface area contributed by atoms with E-state index in [1.807, 2.05) is 0 Å². The molecule has 0 amide bonds. The van der Waals surface area contributed by atoms with Gasteiger partial charge in [0.1, 0.15) is 0 Å². The Balaban J connectivity index is 2.06. The van der Waals surface area contributed by atoms with Crippen LogP contribution in [0.4, 0.5) is 0 Å². The minimum Gasteiger partial charge on any atom is -0.327 e. The Morgan fingerprint density at radius 2 is 2.36 bits per heavy atom. The molecule has 2 N–H and O–H groups in total. The quantitative estimate of drug-likeness (QED) is 0.606. The van der Waals surface area contributed by atoms with E-state index in [1.54, 1.807) is 0 Å². The summed E-state index contributed by atoms with van der Waals surface area (Å²) in [6.45, 7) is 3.51. The third-order valence-electron chi connectivity index (χ3n) is 3.79. The zero-order valence-corrected chi connectivity index (χ0v) is 7.51. The average molecular weight is 154 g/mol. The molecular weight excluding hydrogens is 136 g/mol.